The maximum atomic E-state index is 11.0. The molecular weight excluding hydrogens is 208 g/mol. The normalized spacial score (nSPS) is 15.6. The monoisotopic (exact) mass is 238 g/mol. The third-order valence-corrected chi connectivity index (χ3v) is 1.84. The zero-order valence-electron chi connectivity index (χ0n) is 12.8. The van der Waals surface area contributed by atoms with Crippen molar-refractivity contribution in [1.29, 1.82) is 0 Å². The molecule has 1 aliphatic rings. The fraction of sp³-hybridized carbons (Fsp3) is 0.562. The molecule has 1 aliphatic carbocycles. The minimum atomic E-state index is 0.195. The second-order valence-corrected chi connectivity index (χ2v) is 2.62. The van der Waals surface area contributed by atoms with Crippen molar-refractivity contribution in [3.05, 3.63) is 36.0 Å². The van der Waals surface area contributed by atoms with Gasteiger partial charge in [-0.25, -0.2) is 0 Å². The summed E-state index contributed by atoms with van der Waals surface area (Å²) in [4.78, 5) is 11.0. The lowest BCUT2D eigenvalue weighted by atomic mass is 10.1. The molecular formula is C16H30O. The molecule has 1 nitrogen and oxygen atoms in total. The topological polar surface area (TPSA) is 17.1 Å². The molecule has 0 aromatic carbocycles. The molecule has 0 radical (unpaired) electrons. The summed E-state index contributed by atoms with van der Waals surface area (Å²) < 4.78 is 0. The first-order valence-corrected chi connectivity index (χ1v) is 6.80. The zero-order valence-corrected chi connectivity index (χ0v) is 12.8. The number of rotatable bonds is 1. The zero-order chi connectivity index (χ0) is 14.3. The van der Waals surface area contributed by atoms with Crippen LogP contribution in [-0.4, -0.2) is 5.78 Å². The number of carbonyl (C=O) groups is 1. The molecule has 0 aromatic rings. The van der Waals surface area contributed by atoms with Crippen molar-refractivity contribution in [2.75, 3.05) is 0 Å². The number of Topliss-reactive ketones (excluding diaryl/α,β-unsaturated/α-hetero) is 1. The average molecular weight is 238 g/mol. The van der Waals surface area contributed by atoms with Crippen molar-refractivity contribution in [2.45, 2.75) is 61.3 Å². The predicted molar refractivity (Wildman–Crippen MR) is 80.3 cm³/mol. The predicted octanol–water partition coefficient (Wildman–Crippen LogP) is 5.49. The van der Waals surface area contributed by atoms with Gasteiger partial charge in [0.25, 0.3) is 0 Å². The van der Waals surface area contributed by atoms with Gasteiger partial charge in [0.1, 0.15) is 0 Å². The fourth-order valence-corrected chi connectivity index (χ4v) is 1.13. The van der Waals surface area contributed by atoms with Crippen LogP contribution in [0.3, 0.4) is 0 Å². The Bertz CT molecular complexity index is 244. The van der Waals surface area contributed by atoms with Crippen molar-refractivity contribution in [3.8, 4) is 0 Å². The van der Waals surface area contributed by atoms with E-state index in [9.17, 15) is 4.79 Å². The summed E-state index contributed by atoms with van der Waals surface area (Å²) in [5, 5.41) is 0. The maximum absolute atomic E-state index is 11.0. The van der Waals surface area contributed by atoms with Crippen LogP contribution in [-0.2, 0) is 4.79 Å². The van der Waals surface area contributed by atoms with Gasteiger partial charge in [0.05, 0.1) is 0 Å². The molecule has 1 saturated carbocycles. The van der Waals surface area contributed by atoms with Crippen LogP contribution in [0.5, 0.6) is 0 Å². The first-order valence-electron chi connectivity index (χ1n) is 6.80. The summed E-state index contributed by atoms with van der Waals surface area (Å²) in [6.45, 7) is 17.7. The second kappa shape index (κ2) is 17.3. The average Bonchev–Trinajstić information content (AvgIpc) is 2.75. The second-order valence-electron chi connectivity index (χ2n) is 2.62. The minimum absolute atomic E-state index is 0.195. The van der Waals surface area contributed by atoms with Crippen LogP contribution in [0.4, 0.5) is 0 Å². The standard InChI is InChI=1S/C10H12O.3C2H6/c1-3-4-5-9-6-7-10(11)8(9)2;3*1-2/h3-5H,2,6-7H2,1H3;3*1-2H3/b4-3-,9-5-;;;. The van der Waals surface area contributed by atoms with Crippen LogP contribution in [0.25, 0.3) is 0 Å². The van der Waals surface area contributed by atoms with Crippen molar-refractivity contribution in [2.24, 2.45) is 0 Å². The molecule has 0 bridgehead atoms. The lowest BCUT2D eigenvalue weighted by molar-refractivity contribution is -0.114. The van der Waals surface area contributed by atoms with Gasteiger partial charge in [0.15, 0.2) is 5.78 Å². The Morgan fingerprint density at radius 1 is 1.00 bits per heavy atom. The van der Waals surface area contributed by atoms with Crippen LogP contribution in [0.1, 0.15) is 61.3 Å². The molecule has 0 unspecified atom stereocenters. The van der Waals surface area contributed by atoms with E-state index in [0.29, 0.717) is 12.0 Å². The highest BCUT2D eigenvalue weighted by Crippen LogP contribution is 2.25. The smallest absolute Gasteiger partial charge is 0.162 e. The van der Waals surface area contributed by atoms with E-state index in [1.807, 2.05) is 66.7 Å². The third-order valence-electron chi connectivity index (χ3n) is 1.84. The Labute approximate surface area is 108 Å². The van der Waals surface area contributed by atoms with E-state index in [1.54, 1.807) is 0 Å². The SMILES string of the molecule is C=C1C(=O)CC/C1=C/C=C\C.CC.CC.CC. The molecule has 0 aromatic heterocycles. The molecule has 1 heteroatoms. The van der Waals surface area contributed by atoms with Gasteiger partial charge < -0.3 is 0 Å². The summed E-state index contributed by atoms with van der Waals surface area (Å²) in [6.07, 6.45) is 7.36. The van der Waals surface area contributed by atoms with Crippen molar-refractivity contribution in [3.63, 3.8) is 0 Å². The quantitative estimate of drug-likeness (QED) is 0.552. The third kappa shape index (κ3) is 9.80. The van der Waals surface area contributed by atoms with Gasteiger partial charge in [0, 0.05) is 12.0 Å². The van der Waals surface area contributed by atoms with Crippen LogP contribution >= 0.6 is 0 Å². The van der Waals surface area contributed by atoms with Crippen LogP contribution in [0, 0.1) is 0 Å². The van der Waals surface area contributed by atoms with Gasteiger partial charge in [-0.1, -0.05) is 66.3 Å². The van der Waals surface area contributed by atoms with E-state index in [2.05, 4.69) is 6.58 Å². The van der Waals surface area contributed by atoms with Gasteiger partial charge >= 0.3 is 0 Å². The van der Waals surface area contributed by atoms with E-state index in [0.717, 1.165) is 12.0 Å². The minimum Gasteiger partial charge on any atom is -0.294 e. The molecule has 100 valence electrons. The molecule has 0 atom stereocenters. The summed E-state index contributed by atoms with van der Waals surface area (Å²) >= 11 is 0. The van der Waals surface area contributed by atoms with Crippen molar-refractivity contribution in [1.82, 2.24) is 0 Å². The van der Waals surface area contributed by atoms with Crippen LogP contribution < -0.4 is 0 Å². The van der Waals surface area contributed by atoms with Gasteiger partial charge in [-0.05, 0) is 18.9 Å². The lowest BCUT2D eigenvalue weighted by Crippen LogP contribution is -1.89. The van der Waals surface area contributed by atoms with Gasteiger partial charge in [-0.15, -0.1) is 0 Å². The molecule has 0 N–H and O–H groups in total. The number of hydrogen-bond acceptors (Lipinski definition) is 1. The van der Waals surface area contributed by atoms with Gasteiger partial charge in [0.2, 0.25) is 0 Å². The van der Waals surface area contributed by atoms with E-state index in [4.69, 9.17) is 0 Å². The first-order chi connectivity index (χ1) is 8.25. The molecule has 0 saturated heterocycles. The Kier molecular flexibility index (Phi) is 21.6. The molecule has 17 heavy (non-hydrogen) atoms. The largest absolute Gasteiger partial charge is 0.294 e. The van der Waals surface area contributed by atoms with Crippen LogP contribution in [0.2, 0.25) is 0 Å². The Morgan fingerprint density at radius 2 is 1.47 bits per heavy atom. The molecule has 1 rings (SSSR count). The first kappa shape index (κ1) is 21.2. The molecule has 0 aliphatic heterocycles. The molecule has 0 spiro atoms. The summed E-state index contributed by atoms with van der Waals surface area (Å²) in [7, 11) is 0. The highest BCUT2D eigenvalue weighted by molar-refractivity contribution is 6.02. The van der Waals surface area contributed by atoms with E-state index >= 15 is 0 Å². The number of ketones is 1. The molecule has 1 fully saturated rings. The highest BCUT2D eigenvalue weighted by atomic mass is 16.1. The summed E-state index contributed by atoms with van der Waals surface area (Å²) in [5.74, 6) is 0.195. The Hall–Kier alpha value is -1.11. The summed E-state index contributed by atoms with van der Waals surface area (Å²) in [6, 6.07) is 0. The van der Waals surface area contributed by atoms with Crippen LogP contribution in [0.15, 0.2) is 36.0 Å². The fourth-order valence-electron chi connectivity index (χ4n) is 1.13. The van der Waals surface area contributed by atoms with E-state index < -0.39 is 0 Å². The number of carbonyl (C=O) groups excluding carboxylic acids is 1. The van der Waals surface area contributed by atoms with Gasteiger partial charge in [-0.3, -0.25) is 4.79 Å². The maximum Gasteiger partial charge on any atom is 0.162 e. The highest BCUT2D eigenvalue weighted by Gasteiger charge is 2.19. The Morgan fingerprint density at radius 3 is 1.76 bits per heavy atom. The van der Waals surface area contributed by atoms with Gasteiger partial charge in [-0.2, -0.15) is 0 Å². The number of allylic oxidation sites excluding steroid dienone is 5. The molecule has 0 amide bonds. The van der Waals surface area contributed by atoms with Crippen molar-refractivity contribution < 1.29 is 4.79 Å². The van der Waals surface area contributed by atoms with E-state index in [-0.39, 0.29) is 5.78 Å². The molecule has 0 heterocycles. The Balaban J connectivity index is -0.000000285. The van der Waals surface area contributed by atoms with E-state index in [1.165, 1.54) is 0 Å². The summed E-state index contributed by atoms with van der Waals surface area (Å²) in [5.41, 5.74) is 1.79. The number of hydrogen-bond donors (Lipinski definition) is 0. The van der Waals surface area contributed by atoms with Crippen molar-refractivity contribution >= 4 is 5.78 Å². The lowest BCUT2D eigenvalue weighted by Gasteiger charge is -1.91.